The van der Waals surface area contributed by atoms with Crippen molar-refractivity contribution in [2.24, 2.45) is 11.8 Å². The summed E-state index contributed by atoms with van der Waals surface area (Å²) in [6.07, 6.45) is 2.27. The van der Waals surface area contributed by atoms with Crippen molar-refractivity contribution >= 4 is 46.4 Å². The number of ether oxygens (including phenoxy) is 2. The summed E-state index contributed by atoms with van der Waals surface area (Å²) < 4.78 is 18.8. The van der Waals surface area contributed by atoms with Gasteiger partial charge < -0.3 is 19.7 Å². The highest BCUT2D eigenvalue weighted by molar-refractivity contribution is 6.32. The minimum absolute atomic E-state index is 0.0255. The summed E-state index contributed by atoms with van der Waals surface area (Å²) >= 11 is 13.5. The molecule has 1 N–H and O–H groups in total. The number of nitrogens with zero attached hydrogens (tertiary/aromatic N) is 5. The van der Waals surface area contributed by atoms with E-state index in [0.29, 0.717) is 101 Å². The number of aromatic nitrogens is 4. The first-order valence-electron chi connectivity index (χ1n) is 16.8. The van der Waals surface area contributed by atoms with Gasteiger partial charge in [0.05, 0.1) is 22.5 Å². The molecule has 4 aliphatic rings. The van der Waals surface area contributed by atoms with E-state index >= 15 is 0 Å². The van der Waals surface area contributed by atoms with E-state index in [0.717, 1.165) is 12.8 Å². The summed E-state index contributed by atoms with van der Waals surface area (Å²) in [6, 6.07) is 10.7. The number of carbonyl (C=O) groups is 2. The molecule has 2 amide bonds. The van der Waals surface area contributed by atoms with Crippen LogP contribution in [0, 0.1) is 11.8 Å². The summed E-state index contributed by atoms with van der Waals surface area (Å²) in [4.78, 5) is 54.9. The minimum Gasteiger partial charge on any atom is -0.482 e. The van der Waals surface area contributed by atoms with Crippen molar-refractivity contribution < 1.29 is 19.1 Å². The van der Waals surface area contributed by atoms with Gasteiger partial charge >= 0.3 is 0 Å². The van der Waals surface area contributed by atoms with Crippen LogP contribution in [0.1, 0.15) is 39.5 Å². The second-order valence-corrected chi connectivity index (χ2v) is 14.4. The molecule has 256 valence electrons. The van der Waals surface area contributed by atoms with Crippen LogP contribution in [0.15, 0.2) is 46.0 Å². The summed E-state index contributed by atoms with van der Waals surface area (Å²) in [5.41, 5.74) is 2.77. The number of anilines is 2. The zero-order valence-electron chi connectivity index (χ0n) is 27.2. The lowest BCUT2D eigenvalue weighted by Crippen LogP contribution is -2.48. The summed E-state index contributed by atoms with van der Waals surface area (Å²) in [5.74, 6) is 0.840. The van der Waals surface area contributed by atoms with Crippen LogP contribution in [0.4, 0.5) is 11.4 Å². The first kappa shape index (κ1) is 31.8. The van der Waals surface area contributed by atoms with Crippen LogP contribution in [0.25, 0.3) is 22.3 Å². The molecule has 6 heterocycles. The van der Waals surface area contributed by atoms with Gasteiger partial charge in [0.2, 0.25) is 0 Å². The molecule has 8 rings (SSSR count). The number of hydrogen-bond acceptors (Lipinski definition) is 6. The summed E-state index contributed by atoms with van der Waals surface area (Å²) in [5, 5.41) is 3.52. The first-order valence-corrected chi connectivity index (χ1v) is 17.5. The lowest BCUT2D eigenvalue weighted by molar-refractivity contribution is -0.127. The van der Waals surface area contributed by atoms with Crippen LogP contribution in [0.2, 0.25) is 10.3 Å². The predicted octanol–water partition coefficient (Wildman–Crippen LogP) is 5.24. The monoisotopic (exact) mass is 706 g/mol. The Morgan fingerprint density at radius 3 is 2.20 bits per heavy atom. The molecule has 0 saturated carbocycles. The van der Waals surface area contributed by atoms with E-state index in [1.54, 1.807) is 37.1 Å². The zero-order valence-corrected chi connectivity index (χ0v) is 28.7. The van der Waals surface area contributed by atoms with Crippen molar-refractivity contribution in [1.82, 2.24) is 18.7 Å². The van der Waals surface area contributed by atoms with Crippen molar-refractivity contribution in [3.63, 3.8) is 0 Å². The fourth-order valence-corrected chi connectivity index (χ4v) is 8.26. The lowest BCUT2D eigenvalue weighted by Gasteiger charge is -2.37. The molecule has 0 saturated heterocycles. The summed E-state index contributed by atoms with van der Waals surface area (Å²) in [7, 11) is 0. The van der Waals surface area contributed by atoms with Gasteiger partial charge in [-0.1, -0.05) is 49.2 Å². The Labute approximate surface area is 291 Å². The molecule has 2 aromatic heterocycles. The number of nitrogens with one attached hydrogen (secondary N) is 1. The Kier molecular flexibility index (Phi) is 7.90. The smallest absolute Gasteiger partial charge is 0.276 e. The molecular weight excluding hydrogens is 671 g/mol. The molecule has 0 aliphatic carbocycles. The van der Waals surface area contributed by atoms with E-state index in [1.807, 2.05) is 22.9 Å². The first-order chi connectivity index (χ1) is 23.6. The van der Waals surface area contributed by atoms with Gasteiger partial charge in [-0.2, -0.15) is 0 Å². The van der Waals surface area contributed by atoms with Gasteiger partial charge in [0, 0.05) is 32.7 Å². The van der Waals surface area contributed by atoms with E-state index in [2.05, 4.69) is 19.2 Å². The standard InChI is InChI=1S/C35H36Cl2N6O6/c1-19(2)16-39-24-15-22(30-31(36)40-10-3-4-11-42(40)34(30)46)6-8-26(24)49-27(33(39)45)13-20-9-12-41-32(37)29(35(47)43(41)17-20)21-5-7-25-23(14-21)38-28(44)18-48-25/h5-8,14-15,19-20,27H,3-4,9-13,16-18H2,1-2H3,(H,38,44). The van der Waals surface area contributed by atoms with Gasteiger partial charge in [0.1, 0.15) is 21.8 Å². The second kappa shape index (κ2) is 12.2. The third kappa shape index (κ3) is 5.36. The van der Waals surface area contributed by atoms with Crippen molar-refractivity contribution in [3.05, 3.63) is 67.4 Å². The Morgan fingerprint density at radius 1 is 0.837 bits per heavy atom. The van der Waals surface area contributed by atoms with Gasteiger partial charge in [0.25, 0.3) is 22.9 Å². The largest absolute Gasteiger partial charge is 0.482 e. The molecule has 14 heteroatoms. The molecule has 4 aromatic rings. The van der Waals surface area contributed by atoms with E-state index in [9.17, 15) is 19.2 Å². The fourth-order valence-electron chi connectivity index (χ4n) is 7.53. The molecule has 2 unspecified atom stereocenters. The Morgan fingerprint density at radius 2 is 1.49 bits per heavy atom. The highest BCUT2D eigenvalue weighted by atomic mass is 35.5. The maximum Gasteiger partial charge on any atom is 0.276 e. The van der Waals surface area contributed by atoms with Crippen molar-refractivity contribution in [3.8, 4) is 33.8 Å². The van der Waals surface area contributed by atoms with Gasteiger partial charge in [-0.05, 0) is 72.9 Å². The number of benzene rings is 2. The lowest BCUT2D eigenvalue weighted by atomic mass is 9.94. The average molecular weight is 708 g/mol. The predicted molar refractivity (Wildman–Crippen MR) is 186 cm³/mol. The Balaban J connectivity index is 1.06. The van der Waals surface area contributed by atoms with E-state index in [1.165, 1.54) is 0 Å². The molecule has 0 spiro atoms. The van der Waals surface area contributed by atoms with Crippen LogP contribution in [0.5, 0.6) is 11.5 Å². The van der Waals surface area contributed by atoms with Crippen LogP contribution in [-0.2, 0) is 35.8 Å². The maximum atomic E-state index is 14.1. The molecule has 4 aliphatic heterocycles. The number of rotatable bonds is 6. The summed E-state index contributed by atoms with van der Waals surface area (Å²) in [6.45, 7) is 6.71. The molecule has 0 radical (unpaired) electrons. The van der Waals surface area contributed by atoms with Gasteiger partial charge in [0.15, 0.2) is 12.7 Å². The average Bonchev–Trinajstić information content (AvgIpc) is 3.49. The van der Waals surface area contributed by atoms with E-state index < -0.39 is 6.10 Å². The minimum atomic E-state index is -0.741. The second-order valence-electron chi connectivity index (χ2n) is 13.7. The van der Waals surface area contributed by atoms with Crippen molar-refractivity contribution in [1.29, 1.82) is 0 Å². The Hall–Kier alpha value is -4.42. The quantitative estimate of drug-likeness (QED) is 0.293. The molecular formula is C35H36Cl2N6O6. The maximum absolute atomic E-state index is 14.1. The van der Waals surface area contributed by atoms with Crippen LogP contribution >= 0.6 is 23.2 Å². The highest BCUT2D eigenvalue weighted by Crippen LogP contribution is 2.41. The third-order valence-electron chi connectivity index (χ3n) is 9.86. The SMILES string of the molecule is CC(C)CN1C(=O)C(CC2CCn3c(Cl)c(-c4ccc5c(c4)NC(=O)CO5)c(=O)n3C2)Oc2ccc(-c3c(Cl)n4n(c3=O)CCCC4)cc21. The Bertz CT molecular complexity index is 2140. The fraction of sp³-hybridized carbons (Fsp3) is 0.429. The highest BCUT2D eigenvalue weighted by Gasteiger charge is 2.38. The topological polar surface area (TPSA) is 122 Å². The molecule has 0 bridgehead atoms. The van der Waals surface area contributed by atoms with E-state index in [4.69, 9.17) is 32.7 Å². The number of carbonyl (C=O) groups excluding carboxylic acids is 2. The van der Waals surface area contributed by atoms with Gasteiger partial charge in [-0.25, -0.2) is 9.36 Å². The number of halogens is 2. The van der Waals surface area contributed by atoms with Gasteiger partial charge in [-0.3, -0.25) is 28.5 Å². The zero-order chi connectivity index (χ0) is 34.1. The molecule has 49 heavy (non-hydrogen) atoms. The van der Waals surface area contributed by atoms with Crippen LogP contribution < -0.4 is 30.8 Å². The van der Waals surface area contributed by atoms with E-state index in [-0.39, 0.29) is 41.4 Å². The number of fused-ring (bicyclic) bond motifs is 4. The number of amides is 2. The molecule has 0 fully saturated rings. The van der Waals surface area contributed by atoms with Gasteiger partial charge in [-0.15, -0.1) is 0 Å². The number of hydrogen-bond donors (Lipinski definition) is 1. The molecule has 2 atom stereocenters. The molecule has 2 aromatic carbocycles. The van der Waals surface area contributed by atoms with Crippen LogP contribution in [-0.4, -0.2) is 49.8 Å². The van der Waals surface area contributed by atoms with Crippen molar-refractivity contribution in [2.75, 3.05) is 23.4 Å². The molecule has 12 nitrogen and oxygen atoms in total. The normalized spacial score (nSPS) is 19.8. The third-order valence-corrected chi connectivity index (χ3v) is 10.6. The van der Waals surface area contributed by atoms with Crippen LogP contribution in [0.3, 0.4) is 0 Å². The van der Waals surface area contributed by atoms with Crippen molar-refractivity contribution in [2.45, 2.75) is 71.8 Å².